The number of nitrogens with one attached hydrogen (secondary N) is 1. The summed E-state index contributed by atoms with van der Waals surface area (Å²) in [6, 6.07) is 5.55. The number of benzene rings is 1. The van der Waals surface area contributed by atoms with E-state index in [0.717, 1.165) is 6.42 Å². The van der Waals surface area contributed by atoms with Gasteiger partial charge in [-0.05, 0) is 43.5 Å². The highest BCUT2D eigenvalue weighted by Crippen LogP contribution is 2.18. The Morgan fingerprint density at radius 1 is 1.24 bits per heavy atom. The number of methoxy groups -OCH3 is 1. The topological polar surface area (TPSA) is 67.9 Å². The van der Waals surface area contributed by atoms with Crippen molar-refractivity contribution in [2.45, 2.75) is 19.3 Å². The average Bonchev–Trinajstić information content (AvgIpc) is 2.64. The summed E-state index contributed by atoms with van der Waals surface area (Å²) < 4.78 is 23.1. The molecular weight excluding hydrogens is 327 g/mol. The summed E-state index contributed by atoms with van der Waals surface area (Å²) in [5, 5.41) is 2.90. The molecule has 0 spiro atoms. The number of carbonyl (C=O) groups excluding carboxylic acids is 2. The van der Waals surface area contributed by atoms with Gasteiger partial charge in [-0.1, -0.05) is 0 Å². The van der Waals surface area contributed by atoms with Crippen molar-refractivity contribution in [3.63, 3.8) is 0 Å². The van der Waals surface area contributed by atoms with Crippen LogP contribution in [0.2, 0.25) is 0 Å². The number of ether oxygens (including phenoxy) is 2. The molecule has 1 aromatic carbocycles. The standard InChI is InChI=1S/C18H25FN2O4/c1-24-12-2-9-20-18(23)14-7-10-21(11-8-14)17(22)13-25-16-5-3-15(19)4-6-16/h3-6,14H,2,7-13H2,1H3,(H,20,23). The van der Waals surface area contributed by atoms with Crippen LogP contribution in [0.15, 0.2) is 24.3 Å². The van der Waals surface area contributed by atoms with Gasteiger partial charge in [-0.3, -0.25) is 9.59 Å². The lowest BCUT2D eigenvalue weighted by Crippen LogP contribution is -2.44. The minimum atomic E-state index is -0.346. The van der Waals surface area contributed by atoms with Crippen molar-refractivity contribution in [1.29, 1.82) is 0 Å². The molecule has 0 saturated carbocycles. The highest BCUT2D eigenvalue weighted by Gasteiger charge is 2.27. The molecule has 1 heterocycles. The monoisotopic (exact) mass is 352 g/mol. The van der Waals surface area contributed by atoms with Gasteiger partial charge in [0, 0.05) is 39.3 Å². The van der Waals surface area contributed by atoms with Crippen molar-refractivity contribution in [1.82, 2.24) is 10.2 Å². The smallest absolute Gasteiger partial charge is 0.260 e. The molecule has 0 aromatic heterocycles. The molecule has 1 saturated heterocycles. The van der Waals surface area contributed by atoms with Gasteiger partial charge in [0.1, 0.15) is 11.6 Å². The Labute approximate surface area is 147 Å². The normalized spacial score (nSPS) is 15.0. The SMILES string of the molecule is COCCCNC(=O)C1CCN(C(=O)COc2ccc(F)cc2)CC1. The Balaban J connectivity index is 1.67. The molecule has 7 heteroatoms. The summed E-state index contributed by atoms with van der Waals surface area (Å²) in [7, 11) is 1.63. The Bertz CT molecular complexity index is 557. The molecule has 0 aliphatic carbocycles. The third kappa shape index (κ3) is 6.34. The third-order valence-electron chi connectivity index (χ3n) is 4.22. The third-order valence-corrected chi connectivity index (χ3v) is 4.22. The molecule has 25 heavy (non-hydrogen) atoms. The summed E-state index contributed by atoms with van der Waals surface area (Å²) in [5.74, 6) is -0.0139. The van der Waals surface area contributed by atoms with Gasteiger partial charge >= 0.3 is 0 Å². The second-order valence-electron chi connectivity index (χ2n) is 6.04. The van der Waals surface area contributed by atoms with Crippen LogP contribution in [-0.2, 0) is 14.3 Å². The van der Waals surface area contributed by atoms with E-state index in [2.05, 4.69) is 5.32 Å². The number of likely N-dealkylation sites (tertiary alicyclic amines) is 1. The molecule has 2 amide bonds. The lowest BCUT2D eigenvalue weighted by molar-refractivity contribution is -0.137. The zero-order valence-electron chi connectivity index (χ0n) is 14.5. The summed E-state index contributed by atoms with van der Waals surface area (Å²) in [6.07, 6.45) is 2.09. The van der Waals surface area contributed by atoms with Crippen LogP contribution in [0, 0.1) is 11.7 Å². The van der Waals surface area contributed by atoms with Crippen molar-refractivity contribution in [2.24, 2.45) is 5.92 Å². The summed E-state index contributed by atoms with van der Waals surface area (Å²) in [4.78, 5) is 25.9. The number of rotatable bonds is 8. The number of amides is 2. The molecule has 6 nitrogen and oxygen atoms in total. The van der Waals surface area contributed by atoms with Crippen LogP contribution in [0.1, 0.15) is 19.3 Å². The molecule has 138 valence electrons. The van der Waals surface area contributed by atoms with Gasteiger partial charge in [-0.15, -0.1) is 0 Å². The van der Waals surface area contributed by atoms with Gasteiger partial charge in [0.2, 0.25) is 5.91 Å². The van der Waals surface area contributed by atoms with Gasteiger partial charge in [0.05, 0.1) is 0 Å². The fraction of sp³-hybridized carbons (Fsp3) is 0.556. The van der Waals surface area contributed by atoms with Crippen LogP contribution >= 0.6 is 0 Å². The van der Waals surface area contributed by atoms with Crippen molar-refractivity contribution in [3.05, 3.63) is 30.1 Å². The Morgan fingerprint density at radius 2 is 1.92 bits per heavy atom. The largest absolute Gasteiger partial charge is 0.484 e. The first-order valence-corrected chi connectivity index (χ1v) is 8.53. The van der Waals surface area contributed by atoms with E-state index >= 15 is 0 Å². The second kappa shape index (κ2) is 9.98. The summed E-state index contributed by atoms with van der Waals surface area (Å²) in [6.45, 7) is 2.24. The lowest BCUT2D eigenvalue weighted by Gasteiger charge is -2.31. The lowest BCUT2D eigenvalue weighted by atomic mass is 9.96. The van der Waals surface area contributed by atoms with E-state index in [1.165, 1.54) is 24.3 Å². The fourth-order valence-electron chi connectivity index (χ4n) is 2.73. The number of hydrogen-bond acceptors (Lipinski definition) is 4. The zero-order chi connectivity index (χ0) is 18.1. The highest BCUT2D eigenvalue weighted by atomic mass is 19.1. The Hall–Kier alpha value is -2.15. The number of hydrogen-bond donors (Lipinski definition) is 1. The van der Waals surface area contributed by atoms with E-state index in [-0.39, 0.29) is 30.2 Å². The first-order chi connectivity index (χ1) is 12.1. The van der Waals surface area contributed by atoms with Gasteiger partial charge in [-0.2, -0.15) is 0 Å². The van der Waals surface area contributed by atoms with E-state index in [4.69, 9.17) is 9.47 Å². The first-order valence-electron chi connectivity index (χ1n) is 8.53. The molecule has 0 radical (unpaired) electrons. The van der Waals surface area contributed by atoms with E-state index in [1.54, 1.807) is 12.0 Å². The van der Waals surface area contributed by atoms with Crippen LogP contribution in [0.25, 0.3) is 0 Å². The molecule has 2 rings (SSSR count). The minimum Gasteiger partial charge on any atom is -0.484 e. The van der Waals surface area contributed by atoms with E-state index in [1.807, 2.05) is 0 Å². The maximum atomic E-state index is 12.8. The fourth-order valence-corrected chi connectivity index (χ4v) is 2.73. The highest BCUT2D eigenvalue weighted by molar-refractivity contribution is 5.80. The number of piperidine rings is 1. The molecule has 1 aliphatic rings. The number of carbonyl (C=O) groups is 2. The maximum Gasteiger partial charge on any atom is 0.260 e. The van der Waals surface area contributed by atoms with E-state index in [0.29, 0.717) is 44.8 Å². The molecular formula is C18H25FN2O4. The van der Waals surface area contributed by atoms with Crippen LogP contribution in [-0.4, -0.2) is 56.7 Å². The summed E-state index contributed by atoms with van der Waals surface area (Å²) in [5.41, 5.74) is 0. The minimum absolute atomic E-state index is 0.0470. The predicted octanol–water partition coefficient (Wildman–Crippen LogP) is 1.60. The van der Waals surface area contributed by atoms with Crippen molar-refractivity contribution in [3.8, 4) is 5.75 Å². The second-order valence-corrected chi connectivity index (χ2v) is 6.04. The van der Waals surface area contributed by atoms with Gasteiger partial charge < -0.3 is 19.7 Å². The number of halogens is 1. The summed E-state index contributed by atoms with van der Waals surface area (Å²) >= 11 is 0. The van der Waals surface area contributed by atoms with Crippen molar-refractivity contribution in [2.75, 3.05) is 40.0 Å². The van der Waals surface area contributed by atoms with Crippen LogP contribution in [0.5, 0.6) is 5.75 Å². The van der Waals surface area contributed by atoms with Gasteiger partial charge in [0.25, 0.3) is 5.91 Å². The zero-order valence-corrected chi connectivity index (χ0v) is 14.5. The predicted molar refractivity (Wildman–Crippen MR) is 90.7 cm³/mol. The van der Waals surface area contributed by atoms with Gasteiger partial charge in [-0.25, -0.2) is 4.39 Å². The molecule has 1 fully saturated rings. The average molecular weight is 352 g/mol. The van der Waals surface area contributed by atoms with Crippen molar-refractivity contribution < 1.29 is 23.5 Å². The molecule has 0 bridgehead atoms. The Kier molecular flexibility index (Phi) is 7.66. The van der Waals surface area contributed by atoms with E-state index < -0.39 is 0 Å². The quantitative estimate of drug-likeness (QED) is 0.722. The van der Waals surface area contributed by atoms with Gasteiger partial charge in [0.15, 0.2) is 6.61 Å². The Morgan fingerprint density at radius 3 is 2.56 bits per heavy atom. The molecule has 1 aliphatic heterocycles. The first kappa shape index (κ1) is 19.2. The number of nitrogens with zero attached hydrogens (tertiary/aromatic N) is 1. The molecule has 1 aromatic rings. The van der Waals surface area contributed by atoms with Crippen molar-refractivity contribution >= 4 is 11.8 Å². The molecule has 0 unspecified atom stereocenters. The van der Waals surface area contributed by atoms with Crippen LogP contribution in [0.4, 0.5) is 4.39 Å². The van der Waals surface area contributed by atoms with Crippen LogP contribution < -0.4 is 10.1 Å². The maximum absolute atomic E-state index is 12.8. The van der Waals surface area contributed by atoms with Crippen LogP contribution in [0.3, 0.4) is 0 Å². The molecule has 0 atom stereocenters. The molecule has 1 N–H and O–H groups in total. The van der Waals surface area contributed by atoms with E-state index in [9.17, 15) is 14.0 Å².